The van der Waals surface area contributed by atoms with E-state index in [1.54, 1.807) is 19.9 Å². The summed E-state index contributed by atoms with van der Waals surface area (Å²) >= 11 is 0.897. The lowest BCUT2D eigenvalue weighted by molar-refractivity contribution is -0.120. The van der Waals surface area contributed by atoms with Gasteiger partial charge in [-0.05, 0) is 68.1 Å². The number of hydrogen-bond donors (Lipinski definition) is 2. The predicted molar refractivity (Wildman–Crippen MR) is 120 cm³/mol. The second kappa shape index (κ2) is 8.83. The average molecular weight is 464 g/mol. The van der Waals surface area contributed by atoms with Crippen molar-refractivity contribution < 1.29 is 23.9 Å². The van der Waals surface area contributed by atoms with Gasteiger partial charge in [0.05, 0.1) is 11.3 Å². The van der Waals surface area contributed by atoms with Gasteiger partial charge >= 0.3 is 5.97 Å². The number of carbonyl (C=O) groups excluding carboxylic acids is 2. The Morgan fingerprint density at radius 1 is 1.00 bits per heavy atom. The van der Waals surface area contributed by atoms with Crippen LogP contribution in [-0.2, 0) is 9.59 Å². The van der Waals surface area contributed by atoms with E-state index in [0.29, 0.717) is 17.1 Å². The van der Waals surface area contributed by atoms with Crippen LogP contribution in [0, 0.1) is 19.7 Å². The first-order valence-electron chi connectivity index (χ1n) is 9.72. The summed E-state index contributed by atoms with van der Waals surface area (Å²) in [6, 6.07) is 12.9. The summed E-state index contributed by atoms with van der Waals surface area (Å²) in [5.74, 6) is -3.29. The summed E-state index contributed by atoms with van der Waals surface area (Å²) in [4.78, 5) is 47.0. The molecular formula is C23H17FN4O4S. The number of carboxylic acids is 1. The first-order chi connectivity index (χ1) is 15.7. The standard InChI is InChI=1S/C23H17FN4O4S/c1-12-11-13(2)26-23(25-12)33-19-18(27-15-9-7-14(8-10-15)22(31)32)20(29)28(21(19)30)17-6-4-3-5-16(17)24/h3-11,27H,1-2H3,(H,31,32). The SMILES string of the molecule is Cc1cc(C)nc(SC2=C(Nc3ccc(C(=O)O)cc3)C(=O)N(c3ccccc3F)C2=O)n1. The molecule has 0 saturated heterocycles. The zero-order valence-corrected chi connectivity index (χ0v) is 18.3. The number of amides is 2. The Balaban J connectivity index is 1.76. The van der Waals surface area contributed by atoms with Crippen LogP contribution in [-0.4, -0.2) is 32.9 Å². The van der Waals surface area contributed by atoms with Crippen molar-refractivity contribution in [3.63, 3.8) is 0 Å². The quantitative estimate of drug-likeness (QED) is 0.417. The fourth-order valence-electron chi connectivity index (χ4n) is 3.24. The molecule has 33 heavy (non-hydrogen) atoms. The highest BCUT2D eigenvalue weighted by molar-refractivity contribution is 8.04. The van der Waals surface area contributed by atoms with Gasteiger partial charge in [-0.25, -0.2) is 24.1 Å². The molecule has 166 valence electrons. The Labute approximate surface area is 192 Å². The van der Waals surface area contributed by atoms with Crippen molar-refractivity contribution in [3.8, 4) is 0 Å². The number of aromatic carboxylic acids is 1. The Morgan fingerprint density at radius 2 is 1.64 bits per heavy atom. The Hall–Kier alpha value is -4.05. The Morgan fingerprint density at radius 3 is 2.24 bits per heavy atom. The largest absolute Gasteiger partial charge is 0.478 e. The van der Waals surface area contributed by atoms with E-state index in [2.05, 4.69) is 15.3 Å². The van der Waals surface area contributed by atoms with Crippen LogP contribution in [0.1, 0.15) is 21.7 Å². The number of thioether (sulfide) groups is 1. The molecule has 2 heterocycles. The minimum Gasteiger partial charge on any atom is -0.478 e. The highest BCUT2D eigenvalue weighted by Crippen LogP contribution is 2.37. The van der Waals surface area contributed by atoms with Gasteiger partial charge in [0, 0.05) is 17.1 Å². The smallest absolute Gasteiger partial charge is 0.335 e. The molecular weight excluding hydrogens is 447 g/mol. The van der Waals surface area contributed by atoms with Crippen LogP contribution >= 0.6 is 11.8 Å². The molecule has 8 nitrogen and oxygen atoms in total. The maximum Gasteiger partial charge on any atom is 0.335 e. The van der Waals surface area contributed by atoms with Crippen LogP contribution in [0.2, 0.25) is 0 Å². The third-order valence-electron chi connectivity index (χ3n) is 4.69. The van der Waals surface area contributed by atoms with Crippen LogP contribution in [0.3, 0.4) is 0 Å². The summed E-state index contributed by atoms with van der Waals surface area (Å²) in [5.41, 5.74) is 1.56. The fourth-order valence-corrected chi connectivity index (χ4v) is 4.22. The van der Waals surface area contributed by atoms with Gasteiger partial charge in [0.25, 0.3) is 11.8 Å². The zero-order chi connectivity index (χ0) is 23.7. The van der Waals surface area contributed by atoms with Crippen LogP contribution in [0.5, 0.6) is 0 Å². The van der Waals surface area contributed by atoms with Gasteiger partial charge in [-0.1, -0.05) is 12.1 Å². The van der Waals surface area contributed by atoms with Crippen LogP contribution in [0.25, 0.3) is 0 Å². The van der Waals surface area contributed by atoms with Crippen LogP contribution < -0.4 is 10.2 Å². The number of aryl methyl sites for hydroxylation is 2. The summed E-state index contributed by atoms with van der Waals surface area (Å²) in [6.07, 6.45) is 0. The molecule has 0 spiro atoms. The van der Waals surface area contributed by atoms with E-state index in [-0.39, 0.29) is 27.0 Å². The average Bonchev–Trinajstić information content (AvgIpc) is 2.98. The van der Waals surface area contributed by atoms with E-state index in [1.807, 2.05) is 0 Å². The molecule has 0 atom stereocenters. The van der Waals surface area contributed by atoms with E-state index in [1.165, 1.54) is 42.5 Å². The monoisotopic (exact) mass is 464 g/mol. The van der Waals surface area contributed by atoms with Crippen molar-refractivity contribution in [1.82, 2.24) is 9.97 Å². The first-order valence-corrected chi connectivity index (χ1v) is 10.5. The molecule has 0 aliphatic carbocycles. The molecule has 0 fully saturated rings. The molecule has 1 aliphatic rings. The molecule has 2 amide bonds. The van der Waals surface area contributed by atoms with E-state index >= 15 is 0 Å². The molecule has 2 N–H and O–H groups in total. The number of hydrogen-bond acceptors (Lipinski definition) is 7. The van der Waals surface area contributed by atoms with Crippen LogP contribution in [0.4, 0.5) is 15.8 Å². The predicted octanol–water partition coefficient (Wildman–Crippen LogP) is 3.92. The van der Waals surface area contributed by atoms with E-state index < -0.39 is 23.6 Å². The van der Waals surface area contributed by atoms with Crippen molar-refractivity contribution in [2.75, 3.05) is 10.2 Å². The topological polar surface area (TPSA) is 112 Å². The summed E-state index contributed by atoms with van der Waals surface area (Å²) in [6.45, 7) is 3.56. The normalized spacial score (nSPS) is 13.6. The van der Waals surface area contributed by atoms with E-state index in [0.717, 1.165) is 22.7 Å². The lowest BCUT2D eigenvalue weighted by atomic mass is 10.2. The lowest BCUT2D eigenvalue weighted by Gasteiger charge is -2.15. The number of nitrogens with zero attached hydrogens (tertiary/aromatic N) is 3. The number of imide groups is 1. The van der Waals surface area contributed by atoms with E-state index in [9.17, 15) is 18.8 Å². The number of carbonyl (C=O) groups is 3. The van der Waals surface area contributed by atoms with Crippen molar-refractivity contribution >= 4 is 40.9 Å². The molecule has 0 saturated carbocycles. The number of para-hydroxylation sites is 1. The number of aromatic nitrogens is 2. The minimum atomic E-state index is -1.10. The molecule has 0 unspecified atom stereocenters. The number of nitrogens with one attached hydrogen (secondary N) is 1. The second-order valence-electron chi connectivity index (χ2n) is 7.14. The maximum atomic E-state index is 14.4. The molecule has 0 bridgehead atoms. The minimum absolute atomic E-state index is 0.00411. The van der Waals surface area contributed by atoms with Gasteiger partial charge in [-0.2, -0.15) is 0 Å². The van der Waals surface area contributed by atoms with Gasteiger partial charge in [0.15, 0.2) is 5.16 Å². The molecule has 4 rings (SSSR count). The molecule has 1 aliphatic heterocycles. The van der Waals surface area contributed by atoms with Crippen molar-refractivity contribution in [2.45, 2.75) is 19.0 Å². The summed E-state index contributed by atoms with van der Waals surface area (Å²) in [7, 11) is 0. The van der Waals surface area contributed by atoms with Crippen LogP contribution in [0.15, 0.2) is 70.4 Å². The third-order valence-corrected chi connectivity index (χ3v) is 5.64. The summed E-state index contributed by atoms with van der Waals surface area (Å²) in [5, 5.41) is 12.2. The molecule has 1 aromatic heterocycles. The van der Waals surface area contributed by atoms with Gasteiger partial charge < -0.3 is 10.4 Å². The third kappa shape index (κ3) is 4.46. The van der Waals surface area contributed by atoms with Gasteiger partial charge in [0.2, 0.25) is 0 Å². The van der Waals surface area contributed by atoms with Crippen molar-refractivity contribution in [1.29, 1.82) is 0 Å². The van der Waals surface area contributed by atoms with Crippen molar-refractivity contribution in [2.24, 2.45) is 0 Å². The molecule has 2 aromatic carbocycles. The summed E-state index contributed by atoms with van der Waals surface area (Å²) < 4.78 is 14.4. The van der Waals surface area contributed by atoms with Gasteiger partial charge in [-0.15, -0.1) is 0 Å². The highest BCUT2D eigenvalue weighted by Gasteiger charge is 2.41. The number of carboxylic acid groups (broad SMARTS) is 1. The van der Waals surface area contributed by atoms with Gasteiger partial charge in [0.1, 0.15) is 16.4 Å². The van der Waals surface area contributed by atoms with Gasteiger partial charge in [-0.3, -0.25) is 9.59 Å². The molecule has 0 radical (unpaired) electrons. The number of halogens is 1. The Bertz CT molecular complexity index is 1300. The molecule has 10 heteroatoms. The van der Waals surface area contributed by atoms with Crippen molar-refractivity contribution in [3.05, 3.63) is 88.0 Å². The van der Waals surface area contributed by atoms with E-state index in [4.69, 9.17) is 5.11 Å². The maximum absolute atomic E-state index is 14.4. The first kappa shape index (κ1) is 22.2. The number of benzene rings is 2. The Kier molecular flexibility index (Phi) is 5.93. The number of anilines is 2. The molecule has 3 aromatic rings. The number of rotatable bonds is 6. The zero-order valence-electron chi connectivity index (χ0n) is 17.5. The highest BCUT2D eigenvalue weighted by atomic mass is 32.2. The second-order valence-corrected chi connectivity index (χ2v) is 8.12. The lowest BCUT2D eigenvalue weighted by Crippen LogP contribution is -2.33. The fraction of sp³-hybridized carbons (Fsp3) is 0.0870.